The Morgan fingerprint density at radius 2 is 1.22 bits per heavy atom. The van der Waals surface area contributed by atoms with Crippen molar-refractivity contribution >= 4 is 115 Å². The molecule has 1 aliphatic rings. The summed E-state index contributed by atoms with van der Waals surface area (Å²) in [5.74, 6) is 0.252. The van der Waals surface area contributed by atoms with E-state index in [1.54, 1.807) is 60.1 Å². The van der Waals surface area contributed by atoms with Gasteiger partial charge in [0.05, 0.1) is 70.3 Å². The van der Waals surface area contributed by atoms with Crippen LogP contribution in [0.15, 0.2) is 60.7 Å². The third-order valence-electron chi connectivity index (χ3n) is 7.85. The number of para-hydroxylation sites is 2. The number of nitrogens with zero attached hydrogens (tertiary/aromatic N) is 4. The zero-order valence-electron chi connectivity index (χ0n) is 26.5. The van der Waals surface area contributed by atoms with E-state index in [0.717, 1.165) is 11.2 Å². The van der Waals surface area contributed by atoms with Crippen molar-refractivity contribution in [1.82, 2.24) is 24.4 Å². The molecule has 8 N–H and O–H groups in total. The number of fused-ring (bicyclic) bond motifs is 4. The van der Waals surface area contributed by atoms with Crippen LogP contribution in [-0.2, 0) is 14.1 Å². The number of benzene rings is 4. The molecule has 16 heteroatoms. The molecular weight excluding hydrogens is 722 g/mol. The van der Waals surface area contributed by atoms with Gasteiger partial charge in [0.2, 0.25) is 11.9 Å². The van der Waals surface area contributed by atoms with Crippen LogP contribution in [0.5, 0.6) is 0 Å². The molecule has 2 amide bonds. The van der Waals surface area contributed by atoms with E-state index in [9.17, 15) is 9.59 Å². The number of hydrogen-bond donors (Lipinski definition) is 6. The fourth-order valence-electron chi connectivity index (χ4n) is 5.61. The molecular formula is C34H34Cl4N10O2. The molecule has 0 radical (unpaired) electrons. The minimum absolute atomic E-state index is 0. The molecule has 0 aliphatic carbocycles. The molecule has 0 saturated heterocycles. The molecule has 6 aromatic rings. The molecule has 0 atom stereocenters. The second-order valence-electron chi connectivity index (χ2n) is 11.8. The van der Waals surface area contributed by atoms with Crippen LogP contribution in [0.3, 0.4) is 0 Å². The number of aryl methyl sites for hydroxylation is 2. The summed E-state index contributed by atoms with van der Waals surface area (Å²) < 4.78 is 3.51. The van der Waals surface area contributed by atoms with E-state index in [1.807, 2.05) is 37.6 Å². The summed E-state index contributed by atoms with van der Waals surface area (Å²) in [5.41, 5.74) is 16.3. The first-order valence-corrected chi connectivity index (χ1v) is 16.2. The highest BCUT2D eigenvalue weighted by Gasteiger charge is 2.32. The number of nitrogens with one attached hydrogen (secondary N) is 4. The van der Waals surface area contributed by atoms with Crippen LogP contribution < -0.4 is 32.7 Å². The van der Waals surface area contributed by atoms with E-state index in [1.165, 1.54) is 0 Å². The third-order valence-corrected chi connectivity index (χ3v) is 9.11. The number of halogens is 4. The summed E-state index contributed by atoms with van der Waals surface area (Å²) in [7, 11) is 3.59. The van der Waals surface area contributed by atoms with E-state index in [0.29, 0.717) is 71.2 Å². The maximum Gasteiger partial charge on any atom is 0.257 e. The van der Waals surface area contributed by atoms with Crippen LogP contribution in [-0.4, -0.2) is 36.6 Å². The second-order valence-corrected chi connectivity index (χ2v) is 13.4. The summed E-state index contributed by atoms with van der Waals surface area (Å²) in [6, 6.07) is 17.5. The highest BCUT2D eigenvalue weighted by Crippen LogP contribution is 2.37. The van der Waals surface area contributed by atoms with E-state index >= 15 is 0 Å². The van der Waals surface area contributed by atoms with Crippen LogP contribution in [0.2, 0.25) is 20.1 Å². The number of carbonyl (C=O) groups excluding carboxylic acids is 2. The van der Waals surface area contributed by atoms with Gasteiger partial charge in [0.15, 0.2) is 0 Å². The molecule has 0 fully saturated rings. The van der Waals surface area contributed by atoms with Crippen molar-refractivity contribution in [1.29, 1.82) is 0 Å². The zero-order valence-corrected chi connectivity index (χ0v) is 29.6. The maximum absolute atomic E-state index is 12.7. The number of carbonyl (C=O) groups is 2. The zero-order chi connectivity index (χ0) is 35.4. The number of primary amides is 1. The predicted molar refractivity (Wildman–Crippen MR) is 206 cm³/mol. The van der Waals surface area contributed by atoms with Crippen LogP contribution in [0.25, 0.3) is 22.1 Å². The molecule has 7 rings (SSSR count). The highest BCUT2D eigenvalue weighted by molar-refractivity contribution is 6.40. The Morgan fingerprint density at radius 1 is 0.760 bits per heavy atom. The van der Waals surface area contributed by atoms with E-state index in [-0.39, 0.29) is 18.9 Å². The van der Waals surface area contributed by atoms with Gasteiger partial charge in [0.1, 0.15) is 5.66 Å². The molecule has 50 heavy (non-hydrogen) atoms. The first-order valence-electron chi connectivity index (χ1n) is 14.7. The molecule has 12 nitrogen and oxygen atoms in total. The van der Waals surface area contributed by atoms with Gasteiger partial charge >= 0.3 is 0 Å². The summed E-state index contributed by atoms with van der Waals surface area (Å²) in [5, 5.41) is 14.4. The van der Waals surface area contributed by atoms with Crippen molar-refractivity contribution in [2.75, 3.05) is 21.7 Å². The monoisotopic (exact) mass is 754 g/mol. The lowest BCUT2D eigenvalue weighted by Gasteiger charge is -2.34. The molecule has 0 saturated carbocycles. The number of hydrogen-bond acceptors (Lipinski definition) is 8. The Hall–Kier alpha value is -4.88. The number of imidazole rings is 2. The van der Waals surface area contributed by atoms with Crippen LogP contribution in [0.1, 0.15) is 42.0 Å². The lowest BCUT2D eigenvalue weighted by molar-refractivity contribution is 0.0914. The highest BCUT2D eigenvalue weighted by atomic mass is 35.5. The topological polar surface area (TPSA) is 170 Å². The first-order chi connectivity index (χ1) is 23.2. The third kappa shape index (κ3) is 6.67. The minimum atomic E-state index is -0.613. The summed E-state index contributed by atoms with van der Waals surface area (Å²) >= 11 is 24.8. The molecule has 0 spiro atoms. The number of nitrogen functional groups attached to an aromatic ring is 1. The van der Waals surface area contributed by atoms with Gasteiger partial charge in [-0.05, 0) is 62.4 Å². The van der Waals surface area contributed by atoms with E-state index in [4.69, 9.17) is 57.9 Å². The molecule has 0 unspecified atom stereocenters. The second kappa shape index (κ2) is 13.8. The average molecular weight is 757 g/mol. The average Bonchev–Trinajstić information content (AvgIpc) is 3.51. The fourth-order valence-corrected chi connectivity index (χ4v) is 6.60. The standard InChI is InChI=1S/C18H17Cl2N5O.C15H13Cl2N5O.CH4/c1-18(2)23-11-7-8-12-15(13(11)16(26)24-18)25(3)17(21-12)22-14-9(19)5-4-6-10(14)20;1-22-13-10(6-5-9(18)11(13)14(19)23)20-15(22)21-12-7(16)3-2-4-8(12)17;/h4-8,23H,1-3H3,(H,21,22)(H,24,26);2-6H,18H2,1H3,(H2,19,23)(H,20,21);1H4. The van der Waals surface area contributed by atoms with Crippen molar-refractivity contribution in [3.8, 4) is 0 Å². The van der Waals surface area contributed by atoms with Gasteiger partial charge in [0.25, 0.3) is 11.8 Å². The summed E-state index contributed by atoms with van der Waals surface area (Å²) in [4.78, 5) is 33.4. The Kier molecular flexibility index (Phi) is 10.0. The van der Waals surface area contributed by atoms with Gasteiger partial charge in [-0.15, -0.1) is 0 Å². The lowest BCUT2D eigenvalue weighted by Crippen LogP contribution is -2.53. The van der Waals surface area contributed by atoms with Gasteiger partial charge in [-0.2, -0.15) is 0 Å². The fraction of sp³-hybridized carbons (Fsp3) is 0.176. The van der Waals surface area contributed by atoms with Crippen molar-refractivity contribution in [3.05, 3.63) is 91.9 Å². The van der Waals surface area contributed by atoms with E-state index in [2.05, 4.69) is 31.2 Å². The summed E-state index contributed by atoms with van der Waals surface area (Å²) in [6.45, 7) is 3.82. The van der Waals surface area contributed by atoms with Crippen LogP contribution in [0.4, 0.5) is 34.6 Å². The Balaban J connectivity index is 0.000000192. The summed E-state index contributed by atoms with van der Waals surface area (Å²) in [6.07, 6.45) is 0. The predicted octanol–water partition coefficient (Wildman–Crippen LogP) is 8.46. The quantitative estimate of drug-likeness (QED) is 0.0952. The van der Waals surface area contributed by atoms with Gasteiger partial charge in [-0.3, -0.25) is 9.59 Å². The van der Waals surface area contributed by atoms with Crippen LogP contribution >= 0.6 is 46.4 Å². The van der Waals surface area contributed by atoms with Gasteiger partial charge in [-0.1, -0.05) is 66.0 Å². The molecule has 0 bridgehead atoms. The largest absolute Gasteiger partial charge is 0.398 e. The number of aromatic nitrogens is 4. The number of amides is 2. The number of rotatable bonds is 5. The Bertz CT molecular complexity index is 2280. The molecule has 3 heterocycles. The smallest absolute Gasteiger partial charge is 0.257 e. The Labute approximate surface area is 308 Å². The molecule has 1 aliphatic heterocycles. The van der Waals surface area contributed by atoms with Crippen molar-refractivity contribution in [2.45, 2.75) is 26.9 Å². The maximum atomic E-state index is 12.7. The van der Waals surface area contributed by atoms with Crippen molar-refractivity contribution in [3.63, 3.8) is 0 Å². The number of anilines is 6. The van der Waals surface area contributed by atoms with Gasteiger partial charge < -0.3 is 41.9 Å². The Morgan fingerprint density at radius 3 is 1.72 bits per heavy atom. The molecule has 4 aromatic carbocycles. The van der Waals surface area contributed by atoms with Crippen molar-refractivity contribution in [2.24, 2.45) is 19.8 Å². The molecule has 260 valence electrons. The lowest BCUT2D eigenvalue weighted by atomic mass is 10.0. The number of nitrogens with two attached hydrogens (primary N) is 2. The van der Waals surface area contributed by atoms with Gasteiger partial charge in [0, 0.05) is 19.8 Å². The van der Waals surface area contributed by atoms with Crippen molar-refractivity contribution < 1.29 is 9.59 Å². The van der Waals surface area contributed by atoms with Gasteiger partial charge in [-0.25, -0.2) is 9.97 Å². The van der Waals surface area contributed by atoms with Crippen LogP contribution in [0, 0.1) is 0 Å². The SMILES string of the molecule is C.Cn1c(Nc2c(Cl)cccc2Cl)nc2ccc(N)c(C(N)=O)c21.Cn1c(Nc2c(Cl)cccc2Cl)nc2ccc3c(c21)C(=O)NC(C)(C)N3. The molecule has 2 aromatic heterocycles. The normalized spacial score (nSPS) is 13.0. The van der Waals surface area contributed by atoms with E-state index < -0.39 is 11.6 Å². The first kappa shape index (κ1) is 36.4. The minimum Gasteiger partial charge on any atom is -0.398 e.